The van der Waals surface area contributed by atoms with Gasteiger partial charge in [0.2, 0.25) is 0 Å². The number of ether oxygens (including phenoxy) is 1. The number of carbonyl (C=O) groups is 1. The molecule has 1 aromatic heterocycles. The fraction of sp³-hybridized carbons (Fsp3) is 0.733. The normalized spacial score (nSPS) is 33.1. The second-order valence-corrected chi connectivity index (χ2v) is 8.03. The van der Waals surface area contributed by atoms with E-state index in [0.29, 0.717) is 11.6 Å². The smallest absolute Gasteiger partial charge is 0.344 e. The first-order valence-electron chi connectivity index (χ1n) is 7.39. The molecule has 5 nitrogen and oxygen atoms in total. The second-order valence-electron chi connectivity index (χ2n) is 7.26. The molecule has 3 atom stereocenters. The number of aromatic nitrogens is 1. The lowest BCUT2D eigenvalue weighted by atomic mass is 9.68. The van der Waals surface area contributed by atoms with E-state index in [9.17, 15) is 4.79 Å². The summed E-state index contributed by atoms with van der Waals surface area (Å²) in [5.41, 5.74) is 6.69. The molecule has 0 spiro atoms. The fourth-order valence-corrected chi connectivity index (χ4v) is 5.22. The Kier molecular flexibility index (Phi) is 3.20. The Hall–Kier alpha value is -1.30. The summed E-state index contributed by atoms with van der Waals surface area (Å²) in [6, 6.07) is 0.326. The number of nitrogens with zero attached hydrogens (tertiary/aromatic N) is 1. The van der Waals surface area contributed by atoms with Gasteiger partial charge in [0, 0.05) is 6.04 Å². The molecule has 3 rings (SSSR count). The van der Waals surface area contributed by atoms with Crippen molar-refractivity contribution in [3.63, 3.8) is 0 Å². The lowest BCUT2D eigenvalue weighted by molar-refractivity contribution is 0.0602. The zero-order chi connectivity index (χ0) is 15.4. The summed E-state index contributed by atoms with van der Waals surface area (Å²) >= 11 is 1.25. The Morgan fingerprint density at radius 2 is 2.19 bits per heavy atom. The SMILES string of the molecule is COC(=O)c1c(N)nsc1NC1C2(C)CCC(C2)C1(C)C. The van der Waals surface area contributed by atoms with Gasteiger partial charge in [0.1, 0.15) is 10.6 Å². The highest BCUT2D eigenvalue weighted by molar-refractivity contribution is 7.11. The van der Waals surface area contributed by atoms with Crippen LogP contribution in [0.1, 0.15) is 50.4 Å². The molecular formula is C15H23N3O2S. The minimum Gasteiger partial charge on any atom is -0.465 e. The standard InChI is InChI=1S/C15H23N3O2S/c1-14(2)8-5-6-15(3,7-8)13(14)17-11-9(12(19)20-4)10(16)18-21-11/h8,13,17H,5-7H2,1-4H3,(H2,16,18). The molecule has 6 heteroatoms. The van der Waals surface area contributed by atoms with Crippen LogP contribution < -0.4 is 11.1 Å². The molecule has 3 N–H and O–H groups in total. The largest absolute Gasteiger partial charge is 0.465 e. The van der Waals surface area contributed by atoms with Gasteiger partial charge < -0.3 is 15.8 Å². The molecule has 0 amide bonds. The lowest BCUT2D eigenvalue weighted by Gasteiger charge is -2.43. The van der Waals surface area contributed by atoms with Crippen molar-refractivity contribution >= 4 is 28.3 Å². The lowest BCUT2D eigenvalue weighted by Crippen LogP contribution is -2.45. The maximum absolute atomic E-state index is 11.9. The van der Waals surface area contributed by atoms with E-state index in [0.717, 1.165) is 10.9 Å². The number of nitrogens with two attached hydrogens (primary N) is 1. The van der Waals surface area contributed by atoms with Gasteiger partial charge in [-0.05, 0) is 47.5 Å². The van der Waals surface area contributed by atoms with E-state index < -0.39 is 5.97 Å². The molecule has 3 unspecified atom stereocenters. The van der Waals surface area contributed by atoms with Gasteiger partial charge in [-0.3, -0.25) is 0 Å². The first-order valence-corrected chi connectivity index (χ1v) is 8.17. The zero-order valence-corrected chi connectivity index (χ0v) is 13.8. The molecule has 0 radical (unpaired) electrons. The van der Waals surface area contributed by atoms with E-state index in [1.54, 1.807) is 0 Å². The number of carbonyl (C=O) groups excluding carboxylic acids is 1. The van der Waals surface area contributed by atoms with Crippen LogP contribution in [0.4, 0.5) is 10.8 Å². The second kappa shape index (κ2) is 4.60. The number of methoxy groups -OCH3 is 1. The maximum atomic E-state index is 11.9. The number of hydrogen-bond donors (Lipinski definition) is 2. The summed E-state index contributed by atoms with van der Waals surface area (Å²) < 4.78 is 8.94. The highest BCUT2D eigenvalue weighted by Crippen LogP contribution is 2.63. The Bertz CT molecular complexity index is 579. The monoisotopic (exact) mass is 309 g/mol. The summed E-state index contributed by atoms with van der Waals surface area (Å²) in [6.45, 7) is 6.99. The third-order valence-electron chi connectivity index (χ3n) is 5.65. The average molecular weight is 309 g/mol. The van der Waals surface area contributed by atoms with Crippen molar-refractivity contribution in [2.45, 2.75) is 46.1 Å². The minimum atomic E-state index is -0.421. The van der Waals surface area contributed by atoms with Crippen LogP contribution in [0, 0.1) is 16.7 Å². The van der Waals surface area contributed by atoms with E-state index in [1.165, 1.54) is 37.9 Å². The van der Waals surface area contributed by atoms with Crippen LogP contribution in [-0.4, -0.2) is 23.5 Å². The van der Waals surface area contributed by atoms with Crippen LogP contribution in [0.15, 0.2) is 0 Å². The Morgan fingerprint density at radius 1 is 1.48 bits per heavy atom. The number of hydrogen-bond acceptors (Lipinski definition) is 6. The number of fused-ring (bicyclic) bond motifs is 2. The van der Waals surface area contributed by atoms with Crippen LogP contribution in [0.5, 0.6) is 0 Å². The predicted octanol–water partition coefficient (Wildman–Crippen LogP) is 3.14. The molecule has 116 valence electrons. The van der Waals surface area contributed by atoms with Crippen molar-refractivity contribution in [3.8, 4) is 0 Å². The maximum Gasteiger partial charge on any atom is 0.344 e. The molecule has 2 bridgehead atoms. The van der Waals surface area contributed by atoms with Gasteiger partial charge in [-0.1, -0.05) is 20.8 Å². The molecule has 0 aliphatic heterocycles. The number of anilines is 2. The number of nitrogens with one attached hydrogen (secondary N) is 1. The van der Waals surface area contributed by atoms with Gasteiger partial charge in [0.25, 0.3) is 0 Å². The van der Waals surface area contributed by atoms with Crippen LogP contribution in [-0.2, 0) is 4.74 Å². The van der Waals surface area contributed by atoms with E-state index in [2.05, 4.69) is 30.5 Å². The third-order valence-corrected chi connectivity index (χ3v) is 6.45. The van der Waals surface area contributed by atoms with E-state index in [1.807, 2.05) is 0 Å². The van der Waals surface area contributed by atoms with E-state index in [4.69, 9.17) is 10.5 Å². The first kappa shape index (κ1) is 14.6. The van der Waals surface area contributed by atoms with Crippen molar-refractivity contribution in [2.24, 2.45) is 16.7 Å². The van der Waals surface area contributed by atoms with Crippen molar-refractivity contribution in [3.05, 3.63) is 5.56 Å². The topological polar surface area (TPSA) is 77.2 Å². The van der Waals surface area contributed by atoms with Crippen LogP contribution in [0.2, 0.25) is 0 Å². The predicted molar refractivity (Wildman–Crippen MR) is 84.5 cm³/mol. The van der Waals surface area contributed by atoms with E-state index in [-0.39, 0.29) is 16.6 Å². The zero-order valence-electron chi connectivity index (χ0n) is 13.0. The van der Waals surface area contributed by atoms with Gasteiger partial charge in [-0.2, -0.15) is 4.37 Å². The number of rotatable bonds is 3. The Balaban J connectivity index is 1.93. The van der Waals surface area contributed by atoms with Crippen LogP contribution in [0.3, 0.4) is 0 Å². The van der Waals surface area contributed by atoms with Gasteiger partial charge >= 0.3 is 5.97 Å². The highest BCUT2D eigenvalue weighted by atomic mass is 32.1. The van der Waals surface area contributed by atoms with Crippen molar-refractivity contribution in [1.29, 1.82) is 0 Å². The molecule has 2 aliphatic rings. The summed E-state index contributed by atoms with van der Waals surface area (Å²) in [7, 11) is 1.37. The summed E-state index contributed by atoms with van der Waals surface area (Å²) in [5, 5.41) is 4.32. The highest BCUT2D eigenvalue weighted by Gasteiger charge is 2.59. The van der Waals surface area contributed by atoms with Gasteiger partial charge in [-0.25, -0.2) is 4.79 Å². The van der Waals surface area contributed by atoms with Crippen molar-refractivity contribution in [2.75, 3.05) is 18.2 Å². The molecule has 0 aromatic carbocycles. The van der Waals surface area contributed by atoms with Gasteiger partial charge in [-0.15, -0.1) is 0 Å². The Morgan fingerprint density at radius 3 is 2.76 bits per heavy atom. The molecule has 2 fully saturated rings. The van der Waals surface area contributed by atoms with Crippen LogP contribution in [0.25, 0.3) is 0 Å². The van der Waals surface area contributed by atoms with Gasteiger partial charge in [0.05, 0.1) is 7.11 Å². The average Bonchev–Trinajstić information content (AvgIpc) is 3.03. The van der Waals surface area contributed by atoms with Crippen LogP contribution >= 0.6 is 11.5 Å². The Labute approximate surface area is 129 Å². The molecule has 1 heterocycles. The fourth-order valence-electron chi connectivity index (χ4n) is 4.49. The minimum absolute atomic E-state index is 0.207. The molecule has 21 heavy (non-hydrogen) atoms. The third kappa shape index (κ3) is 2.03. The first-order chi connectivity index (χ1) is 9.79. The number of esters is 1. The van der Waals surface area contributed by atoms with Crippen molar-refractivity contribution < 1.29 is 9.53 Å². The molecular weight excluding hydrogens is 286 g/mol. The number of nitrogen functional groups attached to an aromatic ring is 1. The summed E-state index contributed by atoms with van der Waals surface area (Å²) in [6.07, 6.45) is 3.79. The van der Waals surface area contributed by atoms with Gasteiger partial charge in [0.15, 0.2) is 5.82 Å². The summed E-state index contributed by atoms with van der Waals surface area (Å²) in [5.74, 6) is 0.571. The van der Waals surface area contributed by atoms with E-state index >= 15 is 0 Å². The quantitative estimate of drug-likeness (QED) is 0.839. The molecule has 2 aliphatic carbocycles. The van der Waals surface area contributed by atoms with Crippen molar-refractivity contribution in [1.82, 2.24) is 4.37 Å². The molecule has 1 aromatic rings. The molecule has 0 saturated heterocycles. The molecule has 2 saturated carbocycles. The summed E-state index contributed by atoms with van der Waals surface area (Å²) in [4.78, 5) is 11.9.